The third kappa shape index (κ3) is 3.51. The summed E-state index contributed by atoms with van der Waals surface area (Å²) in [7, 11) is 1.72. The van der Waals surface area contributed by atoms with Crippen LogP contribution in [0, 0.1) is 12.3 Å². The quantitative estimate of drug-likeness (QED) is 0.674. The van der Waals surface area contributed by atoms with Gasteiger partial charge in [-0.3, -0.25) is 4.79 Å². The van der Waals surface area contributed by atoms with Gasteiger partial charge in [0.05, 0.1) is 23.6 Å². The summed E-state index contributed by atoms with van der Waals surface area (Å²) in [6.07, 6.45) is 8.44. The zero-order valence-electron chi connectivity index (χ0n) is 13.7. The predicted molar refractivity (Wildman–Crippen MR) is 94.9 cm³/mol. The monoisotopic (exact) mass is 332 g/mol. The molecule has 0 radical (unpaired) electrons. The molecule has 0 saturated heterocycles. The highest BCUT2D eigenvalue weighted by molar-refractivity contribution is 6.08. The summed E-state index contributed by atoms with van der Waals surface area (Å²) >= 11 is 0. The number of para-hydroxylation sites is 1. The van der Waals surface area contributed by atoms with Crippen LogP contribution in [0.2, 0.25) is 0 Å². The maximum atomic E-state index is 12.9. The zero-order chi connectivity index (χ0) is 17.6. The molecule has 6 nitrogen and oxygen atoms in total. The van der Waals surface area contributed by atoms with Crippen LogP contribution in [0.15, 0.2) is 60.9 Å². The number of anilines is 1. The summed E-state index contributed by atoms with van der Waals surface area (Å²) < 4.78 is 6.91. The Bertz CT molecular complexity index is 896. The van der Waals surface area contributed by atoms with Gasteiger partial charge in [0.1, 0.15) is 12.4 Å². The minimum atomic E-state index is -0.150. The van der Waals surface area contributed by atoms with Crippen LogP contribution in [-0.4, -0.2) is 34.6 Å². The van der Waals surface area contributed by atoms with Gasteiger partial charge in [-0.15, -0.1) is 11.5 Å². The second kappa shape index (κ2) is 7.32. The van der Waals surface area contributed by atoms with Crippen LogP contribution in [0.5, 0.6) is 5.75 Å². The fraction of sp³-hybridized carbons (Fsp3) is 0.105. The summed E-state index contributed by atoms with van der Waals surface area (Å²) in [6.45, 7) is 0.208. The fourth-order valence-corrected chi connectivity index (χ4v) is 2.38. The Kier molecular flexibility index (Phi) is 4.77. The first-order valence-corrected chi connectivity index (χ1v) is 7.61. The number of amides is 1. The summed E-state index contributed by atoms with van der Waals surface area (Å²) in [6, 6.07) is 14.4. The average molecular weight is 332 g/mol. The van der Waals surface area contributed by atoms with E-state index in [2.05, 4.69) is 16.2 Å². The summed E-state index contributed by atoms with van der Waals surface area (Å²) in [5, 5.41) is 7.76. The lowest BCUT2D eigenvalue weighted by atomic mass is 10.1. The van der Waals surface area contributed by atoms with E-state index in [-0.39, 0.29) is 12.5 Å². The van der Waals surface area contributed by atoms with Crippen LogP contribution in [0.25, 0.3) is 5.69 Å². The van der Waals surface area contributed by atoms with Crippen molar-refractivity contribution >= 4 is 11.6 Å². The molecule has 0 bridgehead atoms. The van der Waals surface area contributed by atoms with E-state index >= 15 is 0 Å². The van der Waals surface area contributed by atoms with Crippen LogP contribution in [0.3, 0.4) is 0 Å². The van der Waals surface area contributed by atoms with Gasteiger partial charge in [-0.1, -0.05) is 23.3 Å². The van der Waals surface area contributed by atoms with E-state index in [0.29, 0.717) is 17.0 Å². The van der Waals surface area contributed by atoms with Gasteiger partial charge in [-0.2, -0.15) is 0 Å². The number of ether oxygens (including phenoxy) is 1. The van der Waals surface area contributed by atoms with Gasteiger partial charge < -0.3 is 9.64 Å². The van der Waals surface area contributed by atoms with Crippen LogP contribution in [-0.2, 0) is 0 Å². The highest BCUT2D eigenvalue weighted by Gasteiger charge is 2.18. The predicted octanol–water partition coefficient (Wildman–Crippen LogP) is 2.56. The Balaban J connectivity index is 1.85. The Hall–Kier alpha value is -3.59. The summed E-state index contributed by atoms with van der Waals surface area (Å²) in [5.74, 6) is 2.92. The molecule has 1 heterocycles. The van der Waals surface area contributed by atoms with Crippen LogP contribution < -0.4 is 9.64 Å². The number of hydrogen-bond acceptors (Lipinski definition) is 4. The number of carbonyl (C=O) groups is 1. The van der Waals surface area contributed by atoms with Gasteiger partial charge in [0.2, 0.25) is 0 Å². The second-order valence-electron chi connectivity index (χ2n) is 5.22. The van der Waals surface area contributed by atoms with Gasteiger partial charge in [-0.05, 0) is 36.4 Å². The molecule has 3 rings (SSSR count). The molecule has 0 aliphatic carbocycles. The van der Waals surface area contributed by atoms with E-state index in [0.717, 1.165) is 5.69 Å². The molecule has 0 aliphatic rings. The maximum Gasteiger partial charge on any atom is 0.260 e. The number of carbonyl (C=O) groups excluding carboxylic acids is 1. The molecule has 0 saturated carbocycles. The molecular weight excluding hydrogens is 316 g/mol. The number of rotatable bonds is 5. The van der Waals surface area contributed by atoms with E-state index in [9.17, 15) is 4.79 Å². The Labute approximate surface area is 145 Å². The molecule has 1 amide bonds. The first-order valence-electron chi connectivity index (χ1n) is 7.61. The fourth-order valence-electron chi connectivity index (χ4n) is 2.38. The Morgan fingerprint density at radius 1 is 1.24 bits per heavy atom. The third-order valence-electron chi connectivity index (χ3n) is 3.65. The lowest BCUT2D eigenvalue weighted by Crippen LogP contribution is -2.27. The maximum absolute atomic E-state index is 12.9. The van der Waals surface area contributed by atoms with Crippen molar-refractivity contribution in [3.63, 3.8) is 0 Å². The molecule has 0 fully saturated rings. The number of aromatic nitrogens is 3. The van der Waals surface area contributed by atoms with Crippen molar-refractivity contribution in [3.05, 3.63) is 66.5 Å². The van der Waals surface area contributed by atoms with Crippen LogP contribution in [0.1, 0.15) is 10.4 Å². The highest BCUT2D eigenvalue weighted by Crippen LogP contribution is 2.22. The van der Waals surface area contributed by atoms with E-state index in [1.54, 1.807) is 47.2 Å². The van der Waals surface area contributed by atoms with Gasteiger partial charge in [0.25, 0.3) is 5.91 Å². The largest absolute Gasteiger partial charge is 0.481 e. The van der Waals surface area contributed by atoms with Gasteiger partial charge in [0.15, 0.2) is 0 Å². The molecule has 6 heteroatoms. The number of hydrogen-bond donors (Lipinski definition) is 0. The van der Waals surface area contributed by atoms with Gasteiger partial charge in [0, 0.05) is 12.7 Å². The average Bonchev–Trinajstić information content (AvgIpc) is 3.20. The lowest BCUT2D eigenvalue weighted by molar-refractivity contribution is 0.0993. The van der Waals surface area contributed by atoms with E-state index in [1.165, 1.54) is 0 Å². The zero-order valence-corrected chi connectivity index (χ0v) is 13.7. The number of benzene rings is 2. The van der Waals surface area contributed by atoms with E-state index in [1.807, 2.05) is 30.3 Å². The molecule has 0 unspecified atom stereocenters. The standard InChI is InChI=1S/C19H16N4O2/c1-3-14-25-16-10-8-15(9-11-16)22(2)19(24)17-6-4-5-7-18(17)23-13-12-20-21-23/h1,4-13H,14H2,2H3. The molecule has 0 spiro atoms. The topological polar surface area (TPSA) is 60.2 Å². The van der Waals surface area contributed by atoms with Gasteiger partial charge in [-0.25, -0.2) is 4.68 Å². The van der Waals surface area contributed by atoms with Crippen molar-refractivity contribution in [1.82, 2.24) is 15.0 Å². The van der Waals surface area contributed by atoms with Crippen LogP contribution in [0.4, 0.5) is 5.69 Å². The van der Waals surface area contributed by atoms with E-state index < -0.39 is 0 Å². The van der Waals surface area contributed by atoms with Crippen molar-refractivity contribution in [2.45, 2.75) is 0 Å². The van der Waals surface area contributed by atoms with E-state index in [4.69, 9.17) is 11.2 Å². The molecule has 0 atom stereocenters. The number of terminal acetylenes is 1. The molecule has 0 aliphatic heterocycles. The van der Waals surface area contributed by atoms with Crippen molar-refractivity contribution in [3.8, 4) is 23.8 Å². The molecule has 25 heavy (non-hydrogen) atoms. The van der Waals surface area contributed by atoms with Crippen molar-refractivity contribution in [2.24, 2.45) is 0 Å². The minimum Gasteiger partial charge on any atom is -0.481 e. The van der Waals surface area contributed by atoms with Crippen molar-refractivity contribution in [1.29, 1.82) is 0 Å². The second-order valence-corrected chi connectivity index (χ2v) is 5.22. The molecule has 0 N–H and O–H groups in total. The smallest absolute Gasteiger partial charge is 0.260 e. The normalized spacial score (nSPS) is 10.1. The first-order chi connectivity index (χ1) is 12.2. The molecule has 124 valence electrons. The Morgan fingerprint density at radius 2 is 2.00 bits per heavy atom. The lowest BCUT2D eigenvalue weighted by Gasteiger charge is -2.19. The number of nitrogens with zero attached hydrogens (tertiary/aromatic N) is 4. The molecule has 3 aromatic rings. The van der Waals surface area contributed by atoms with Crippen molar-refractivity contribution in [2.75, 3.05) is 18.6 Å². The third-order valence-corrected chi connectivity index (χ3v) is 3.65. The minimum absolute atomic E-state index is 0.150. The highest BCUT2D eigenvalue weighted by atomic mass is 16.5. The van der Waals surface area contributed by atoms with Gasteiger partial charge >= 0.3 is 0 Å². The molecular formula is C19H16N4O2. The molecule has 2 aromatic carbocycles. The Morgan fingerprint density at radius 3 is 2.68 bits per heavy atom. The molecule has 1 aromatic heterocycles. The SMILES string of the molecule is C#CCOc1ccc(N(C)C(=O)c2ccccc2-n2ccnn2)cc1. The van der Waals surface area contributed by atoms with Crippen molar-refractivity contribution < 1.29 is 9.53 Å². The van der Waals surface area contributed by atoms with Crippen LogP contribution >= 0.6 is 0 Å². The summed E-state index contributed by atoms with van der Waals surface area (Å²) in [5.41, 5.74) is 1.94. The first kappa shape index (κ1) is 16.3. The summed E-state index contributed by atoms with van der Waals surface area (Å²) in [4.78, 5) is 14.5.